The highest BCUT2D eigenvalue weighted by molar-refractivity contribution is 5.94. The number of nitrogens with zero attached hydrogens (tertiary/aromatic N) is 1. The maximum Gasteiger partial charge on any atom is 0.251 e. The molecule has 0 fully saturated rings. The molecule has 0 saturated heterocycles. The predicted octanol–water partition coefficient (Wildman–Crippen LogP) is 1.95. The first-order valence-corrected chi connectivity index (χ1v) is 7.70. The van der Waals surface area contributed by atoms with Crippen molar-refractivity contribution in [3.63, 3.8) is 0 Å². The van der Waals surface area contributed by atoms with E-state index in [1.165, 1.54) is 25.3 Å². The van der Waals surface area contributed by atoms with Gasteiger partial charge in [0.25, 0.3) is 5.91 Å². The van der Waals surface area contributed by atoms with Crippen LogP contribution in [-0.4, -0.2) is 36.3 Å². The van der Waals surface area contributed by atoms with Gasteiger partial charge in [-0.3, -0.25) is 9.78 Å². The van der Waals surface area contributed by atoms with Gasteiger partial charge in [-0.2, -0.15) is 0 Å². The number of aliphatic hydroxyl groups excluding tert-OH is 1. The monoisotopic (exact) mass is 332 g/mol. The number of hydrogen-bond acceptors (Lipinski definition) is 4. The maximum atomic E-state index is 13.6. The topological polar surface area (TPSA) is 71.5 Å². The number of hydrogen-bond donors (Lipinski definition) is 2. The van der Waals surface area contributed by atoms with Gasteiger partial charge in [-0.25, -0.2) is 4.39 Å². The molecule has 24 heavy (non-hydrogen) atoms. The minimum absolute atomic E-state index is 0.0603. The van der Waals surface area contributed by atoms with Crippen LogP contribution in [0.25, 0.3) is 0 Å². The summed E-state index contributed by atoms with van der Waals surface area (Å²) in [4.78, 5) is 16.4. The van der Waals surface area contributed by atoms with E-state index in [2.05, 4.69) is 10.3 Å². The Morgan fingerprint density at radius 1 is 1.38 bits per heavy atom. The molecule has 0 saturated carbocycles. The van der Waals surface area contributed by atoms with Crippen LogP contribution < -0.4 is 5.32 Å². The zero-order valence-corrected chi connectivity index (χ0v) is 13.5. The van der Waals surface area contributed by atoms with Crippen molar-refractivity contribution in [1.29, 1.82) is 0 Å². The lowest BCUT2D eigenvalue weighted by Crippen LogP contribution is -2.32. The number of benzene rings is 1. The molecule has 2 rings (SSSR count). The molecule has 2 aromatic rings. The van der Waals surface area contributed by atoms with Crippen molar-refractivity contribution < 1.29 is 19.0 Å². The average Bonchev–Trinajstić information content (AvgIpc) is 2.61. The van der Waals surface area contributed by atoms with Crippen LogP contribution in [0, 0.1) is 11.7 Å². The first kappa shape index (κ1) is 18.0. The fourth-order valence-corrected chi connectivity index (χ4v) is 2.34. The van der Waals surface area contributed by atoms with Gasteiger partial charge in [0, 0.05) is 49.2 Å². The van der Waals surface area contributed by atoms with Crippen LogP contribution in [0.4, 0.5) is 4.39 Å². The number of aliphatic hydroxyl groups is 1. The second-order valence-corrected chi connectivity index (χ2v) is 5.52. The molecule has 0 spiro atoms. The summed E-state index contributed by atoms with van der Waals surface area (Å²) in [5.41, 5.74) is 1.55. The van der Waals surface area contributed by atoms with Gasteiger partial charge in [0.1, 0.15) is 5.82 Å². The Morgan fingerprint density at radius 3 is 2.88 bits per heavy atom. The zero-order valence-electron chi connectivity index (χ0n) is 13.5. The molecule has 0 radical (unpaired) electrons. The zero-order chi connectivity index (χ0) is 17.4. The fourth-order valence-electron chi connectivity index (χ4n) is 2.34. The van der Waals surface area contributed by atoms with Gasteiger partial charge in [0.05, 0.1) is 6.61 Å². The van der Waals surface area contributed by atoms with E-state index in [1.807, 2.05) is 18.2 Å². The van der Waals surface area contributed by atoms with E-state index in [9.17, 15) is 14.3 Å². The van der Waals surface area contributed by atoms with Gasteiger partial charge in [0.2, 0.25) is 0 Å². The molecular formula is C18H21FN2O3. The summed E-state index contributed by atoms with van der Waals surface area (Å²) in [6, 6.07) is 9.73. The van der Waals surface area contributed by atoms with Crippen LogP contribution >= 0.6 is 0 Å². The number of pyridine rings is 1. The number of rotatable bonds is 8. The number of aromatic nitrogens is 1. The molecule has 2 N–H and O–H groups in total. The van der Waals surface area contributed by atoms with Crippen molar-refractivity contribution in [2.75, 3.05) is 20.3 Å². The minimum Gasteiger partial charge on any atom is -0.396 e. The standard InChI is InChI=1S/C18H21FN2O3/c1-24-12-15-9-14(5-6-17(15)19)18(23)21-10-13(11-22)8-16-4-2-3-7-20-16/h2-7,9,13,22H,8,10-12H2,1H3,(H,21,23). The summed E-state index contributed by atoms with van der Waals surface area (Å²) in [5, 5.41) is 12.2. The molecule has 1 aromatic heterocycles. The number of halogens is 1. The van der Waals surface area contributed by atoms with Crippen molar-refractivity contribution in [3.05, 3.63) is 65.2 Å². The second-order valence-electron chi connectivity index (χ2n) is 5.52. The molecule has 1 amide bonds. The number of amides is 1. The van der Waals surface area contributed by atoms with Gasteiger partial charge < -0.3 is 15.2 Å². The van der Waals surface area contributed by atoms with Crippen LogP contribution in [-0.2, 0) is 17.8 Å². The maximum absolute atomic E-state index is 13.6. The minimum atomic E-state index is -0.406. The summed E-state index contributed by atoms with van der Waals surface area (Å²) in [7, 11) is 1.47. The summed E-state index contributed by atoms with van der Waals surface area (Å²) in [6.45, 7) is 0.351. The Morgan fingerprint density at radius 2 is 2.21 bits per heavy atom. The van der Waals surface area contributed by atoms with Crippen molar-refractivity contribution in [1.82, 2.24) is 10.3 Å². The number of carbonyl (C=O) groups excluding carboxylic acids is 1. The molecule has 0 aliphatic rings. The number of methoxy groups -OCH3 is 1. The van der Waals surface area contributed by atoms with Crippen LogP contribution in [0.15, 0.2) is 42.6 Å². The highest BCUT2D eigenvalue weighted by Gasteiger charge is 2.14. The van der Waals surface area contributed by atoms with E-state index in [0.29, 0.717) is 24.1 Å². The predicted molar refractivity (Wildman–Crippen MR) is 88.0 cm³/mol. The molecule has 6 heteroatoms. The lowest BCUT2D eigenvalue weighted by atomic mass is 10.0. The normalized spacial score (nSPS) is 12.0. The molecule has 1 heterocycles. The molecule has 128 valence electrons. The van der Waals surface area contributed by atoms with E-state index < -0.39 is 5.82 Å². The summed E-state index contributed by atoms with van der Waals surface area (Å²) >= 11 is 0. The quantitative estimate of drug-likeness (QED) is 0.775. The van der Waals surface area contributed by atoms with E-state index in [4.69, 9.17) is 4.74 Å². The van der Waals surface area contributed by atoms with Gasteiger partial charge in [0.15, 0.2) is 0 Å². The Bertz CT molecular complexity index is 665. The van der Waals surface area contributed by atoms with Gasteiger partial charge in [-0.05, 0) is 36.8 Å². The van der Waals surface area contributed by atoms with Crippen molar-refractivity contribution in [2.45, 2.75) is 13.0 Å². The highest BCUT2D eigenvalue weighted by atomic mass is 19.1. The molecule has 1 aromatic carbocycles. The first-order chi connectivity index (χ1) is 11.6. The van der Waals surface area contributed by atoms with E-state index in [-0.39, 0.29) is 25.0 Å². The van der Waals surface area contributed by atoms with Gasteiger partial charge in [-0.1, -0.05) is 6.07 Å². The second kappa shape index (κ2) is 9.10. The third-order valence-electron chi connectivity index (χ3n) is 3.64. The smallest absolute Gasteiger partial charge is 0.251 e. The summed E-state index contributed by atoms with van der Waals surface area (Å²) < 4.78 is 18.5. The third-order valence-corrected chi connectivity index (χ3v) is 3.64. The van der Waals surface area contributed by atoms with E-state index in [1.54, 1.807) is 6.20 Å². The molecule has 0 aliphatic heterocycles. The third kappa shape index (κ3) is 5.11. The van der Waals surface area contributed by atoms with Crippen LogP contribution in [0.1, 0.15) is 21.6 Å². The van der Waals surface area contributed by atoms with Gasteiger partial charge >= 0.3 is 0 Å². The number of ether oxygens (including phenoxy) is 1. The average molecular weight is 332 g/mol. The molecule has 0 aliphatic carbocycles. The van der Waals surface area contributed by atoms with E-state index in [0.717, 1.165) is 5.69 Å². The number of nitrogens with one attached hydrogen (secondary N) is 1. The largest absolute Gasteiger partial charge is 0.396 e. The number of carbonyl (C=O) groups is 1. The molecule has 1 atom stereocenters. The Labute approximate surface area is 140 Å². The van der Waals surface area contributed by atoms with Crippen LogP contribution in [0.5, 0.6) is 0 Å². The van der Waals surface area contributed by atoms with Crippen LogP contribution in [0.2, 0.25) is 0 Å². The Kier molecular flexibility index (Phi) is 6.84. The molecule has 0 bridgehead atoms. The van der Waals surface area contributed by atoms with Crippen molar-refractivity contribution in [2.24, 2.45) is 5.92 Å². The lowest BCUT2D eigenvalue weighted by molar-refractivity contribution is 0.0939. The molecule has 5 nitrogen and oxygen atoms in total. The first-order valence-electron chi connectivity index (χ1n) is 7.70. The van der Waals surface area contributed by atoms with Crippen LogP contribution in [0.3, 0.4) is 0 Å². The van der Waals surface area contributed by atoms with Gasteiger partial charge in [-0.15, -0.1) is 0 Å². The lowest BCUT2D eigenvalue weighted by Gasteiger charge is -2.15. The SMILES string of the molecule is COCc1cc(C(=O)NCC(CO)Cc2ccccn2)ccc1F. The van der Waals surface area contributed by atoms with Crippen molar-refractivity contribution in [3.8, 4) is 0 Å². The Balaban J connectivity index is 1.95. The van der Waals surface area contributed by atoms with E-state index >= 15 is 0 Å². The fraction of sp³-hybridized carbons (Fsp3) is 0.333. The molecule has 1 unspecified atom stereocenters. The highest BCUT2D eigenvalue weighted by Crippen LogP contribution is 2.12. The summed E-state index contributed by atoms with van der Waals surface area (Å²) in [6.07, 6.45) is 2.26. The van der Waals surface area contributed by atoms with Crippen molar-refractivity contribution >= 4 is 5.91 Å². The molecular weight excluding hydrogens is 311 g/mol. The summed E-state index contributed by atoms with van der Waals surface area (Å²) in [5.74, 6) is -0.855. The Hall–Kier alpha value is -2.31.